The summed E-state index contributed by atoms with van der Waals surface area (Å²) in [7, 11) is 0. The van der Waals surface area contributed by atoms with Gasteiger partial charge in [-0.25, -0.2) is 0 Å². The Kier molecular flexibility index (Phi) is 7.06. The number of aryl methyl sites for hydroxylation is 1. The van der Waals surface area contributed by atoms with Crippen molar-refractivity contribution in [2.75, 3.05) is 6.61 Å². The average Bonchev–Trinajstić information content (AvgIpc) is 2.60. The van der Waals surface area contributed by atoms with E-state index in [0.29, 0.717) is 5.92 Å². The number of carbonyl (C=O) groups excluding carboxylic acids is 1. The summed E-state index contributed by atoms with van der Waals surface area (Å²) in [5.41, 5.74) is 3.54. The van der Waals surface area contributed by atoms with Crippen LogP contribution in [0.15, 0.2) is 48.5 Å². The first kappa shape index (κ1) is 21.0. The molecule has 146 valence electrons. The van der Waals surface area contributed by atoms with Crippen molar-refractivity contribution in [3.05, 3.63) is 65.2 Å². The van der Waals surface area contributed by atoms with Gasteiger partial charge >= 0.3 is 0 Å². The molecule has 0 heterocycles. The van der Waals surface area contributed by atoms with Crippen molar-refractivity contribution in [1.29, 1.82) is 0 Å². The molecule has 2 rings (SSSR count). The van der Waals surface area contributed by atoms with E-state index in [1.807, 2.05) is 19.1 Å². The molecule has 27 heavy (non-hydrogen) atoms. The van der Waals surface area contributed by atoms with Gasteiger partial charge in [-0.05, 0) is 54.4 Å². The van der Waals surface area contributed by atoms with Crippen molar-refractivity contribution in [3.8, 4) is 5.75 Å². The topological polar surface area (TPSA) is 38.3 Å². The number of ether oxygens (including phenoxy) is 1. The highest BCUT2D eigenvalue weighted by atomic mass is 16.5. The molecule has 0 aliphatic rings. The number of carbonyl (C=O) groups is 1. The van der Waals surface area contributed by atoms with Gasteiger partial charge in [-0.1, -0.05) is 70.2 Å². The molecule has 0 bridgehead atoms. The first-order valence-electron chi connectivity index (χ1n) is 9.77. The van der Waals surface area contributed by atoms with Crippen molar-refractivity contribution < 1.29 is 9.53 Å². The second kappa shape index (κ2) is 9.07. The van der Waals surface area contributed by atoms with Crippen LogP contribution < -0.4 is 10.1 Å². The second-order valence-corrected chi connectivity index (χ2v) is 8.41. The highest BCUT2D eigenvalue weighted by Gasteiger charge is 2.24. The van der Waals surface area contributed by atoms with Crippen molar-refractivity contribution in [3.63, 3.8) is 0 Å². The van der Waals surface area contributed by atoms with Gasteiger partial charge in [0.1, 0.15) is 5.75 Å². The smallest absolute Gasteiger partial charge is 0.258 e. The van der Waals surface area contributed by atoms with Crippen LogP contribution in [0.2, 0.25) is 0 Å². The lowest BCUT2D eigenvalue weighted by Gasteiger charge is -2.29. The van der Waals surface area contributed by atoms with Crippen molar-refractivity contribution in [2.45, 2.75) is 65.3 Å². The van der Waals surface area contributed by atoms with Gasteiger partial charge in [-0.15, -0.1) is 0 Å². The number of hydrogen-bond acceptors (Lipinski definition) is 2. The van der Waals surface area contributed by atoms with Gasteiger partial charge in [0.2, 0.25) is 0 Å². The van der Waals surface area contributed by atoms with E-state index >= 15 is 0 Å². The van der Waals surface area contributed by atoms with E-state index in [1.165, 1.54) is 5.56 Å². The molecule has 0 radical (unpaired) electrons. The molecule has 1 atom stereocenters. The minimum Gasteiger partial charge on any atom is -0.483 e. The van der Waals surface area contributed by atoms with Crippen LogP contribution in [-0.4, -0.2) is 18.6 Å². The summed E-state index contributed by atoms with van der Waals surface area (Å²) in [6.07, 6.45) is 0.866. The molecule has 0 aliphatic carbocycles. The lowest BCUT2D eigenvalue weighted by molar-refractivity contribution is -0.123. The molecule has 1 unspecified atom stereocenters. The predicted octanol–water partition coefficient (Wildman–Crippen LogP) is 5.37. The normalized spacial score (nSPS) is 12.7. The van der Waals surface area contributed by atoms with Crippen LogP contribution in [0, 0.1) is 6.92 Å². The summed E-state index contributed by atoms with van der Waals surface area (Å²) in [6, 6.07) is 16.7. The van der Waals surface area contributed by atoms with E-state index in [1.54, 1.807) is 0 Å². The number of benzene rings is 2. The van der Waals surface area contributed by atoms with Gasteiger partial charge in [0, 0.05) is 6.04 Å². The highest BCUT2D eigenvalue weighted by Crippen LogP contribution is 2.29. The van der Waals surface area contributed by atoms with Crippen molar-refractivity contribution >= 4 is 5.91 Å². The zero-order valence-corrected chi connectivity index (χ0v) is 17.5. The van der Waals surface area contributed by atoms with Gasteiger partial charge in [-0.2, -0.15) is 0 Å². The van der Waals surface area contributed by atoms with Gasteiger partial charge < -0.3 is 10.1 Å². The van der Waals surface area contributed by atoms with Crippen LogP contribution in [0.25, 0.3) is 0 Å². The summed E-state index contributed by atoms with van der Waals surface area (Å²) < 4.78 is 5.84. The van der Waals surface area contributed by atoms with Gasteiger partial charge in [0.25, 0.3) is 5.91 Å². The Labute approximate surface area is 164 Å². The van der Waals surface area contributed by atoms with Gasteiger partial charge in [-0.3, -0.25) is 4.79 Å². The molecule has 0 aliphatic heterocycles. The zero-order chi connectivity index (χ0) is 20.0. The quantitative estimate of drug-likeness (QED) is 0.681. The number of rotatable bonds is 8. The lowest BCUT2D eigenvalue weighted by atomic mass is 9.79. The third-order valence-electron chi connectivity index (χ3n) is 4.93. The van der Waals surface area contributed by atoms with E-state index in [4.69, 9.17) is 4.74 Å². The maximum Gasteiger partial charge on any atom is 0.258 e. The first-order valence-corrected chi connectivity index (χ1v) is 9.77. The molecule has 3 heteroatoms. The number of hydrogen-bond donors (Lipinski definition) is 1. The SMILES string of the molecule is Cc1ccc(C(C)C)c(OCC(=O)NC(C)CC(C)(C)c2ccccc2)c1. The van der Waals surface area contributed by atoms with Gasteiger partial charge in [0.05, 0.1) is 0 Å². The third-order valence-corrected chi connectivity index (χ3v) is 4.93. The Bertz CT molecular complexity index is 750. The minimum absolute atomic E-state index is 0.00380. The van der Waals surface area contributed by atoms with Crippen LogP contribution in [0.1, 0.15) is 63.6 Å². The lowest BCUT2D eigenvalue weighted by Crippen LogP contribution is -2.39. The maximum absolute atomic E-state index is 12.4. The highest BCUT2D eigenvalue weighted by molar-refractivity contribution is 5.77. The summed E-state index contributed by atoms with van der Waals surface area (Å²) in [4.78, 5) is 12.4. The molecule has 3 nitrogen and oxygen atoms in total. The van der Waals surface area contributed by atoms with Crippen LogP contribution in [0.3, 0.4) is 0 Å². The molecule has 0 aromatic heterocycles. The van der Waals surface area contributed by atoms with Crippen molar-refractivity contribution in [1.82, 2.24) is 5.32 Å². The molecule has 2 aromatic carbocycles. The Balaban J connectivity index is 1.91. The molecule has 0 saturated carbocycles. The van der Waals surface area contributed by atoms with Crippen molar-refractivity contribution in [2.24, 2.45) is 0 Å². The number of amides is 1. The fourth-order valence-electron chi connectivity index (χ4n) is 3.53. The first-order chi connectivity index (χ1) is 12.7. The van der Waals surface area contributed by atoms with E-state index in [0.717, 1.165) is 23.3 Å². The fourth-order valence-corrected chi connectivity index (χ4v) is 3.53. The predicted molar refractivity (Wildman–Crippen MR) is 112 cm³/mol. The molecule has 2 aromatic rings. The van der Waals surface area contributed by atoms with Crippen LogP contribution >= 0.6 is 0 Å². The zero-order valence-electron chi connectivity index (χ0n) is 17.5. The second-order valence-electron chi connectivity index (χ2n) is 8.41. The molecule has 1 N–H and O–H groups in total. The summed E-state index contributed by atoms with van der Waals surface area (Å²) in [6.45, 7) is 12.8. The third kappa shape index (κ3) is 6.13. The van der Waals surface area contributed by atoms with Crippen LogP contribution in [-0.2, 0) is 10.2 Å². The van der Waals surface area contributed by atoms with E-state index in [-0.39, 0.29) is 24.0 Å². The van der Waals surface area contributed by atoms with Crippen LogP contribution in [0.4, 0.5) is 0 Å². The summed E-state index contributed by atoms with van der Waals surface area (Å²) in [5, 5.41) is 3.08. The monoisotopic (exact) mass is 367 g/mol. The fraction of sp³-hybridized carbons (Fsp3) is 0.458. The summed E-state index contributed by atoms with van der Waals surface area (Å²) >= 11 is 0. The summed E-state index contributed by atoms with van der Waals surface area (Å²) in [5.74, 6) is 1.08. The molecule has 0 saturated heterocycles. The Morgan fingerprint density at radius 3 is 2.37 bits per heavy atom. The average molecular weight is 368 g/mol. The maximum atomic E-state index is 12.4. The Morgan fingerprint density at radius 1 is 1.07 bits per heavy atom. The molecular formula is C24H33NO2. The van der Waals surface area contributed by atoms with Gasteiger partial charge in [0.15, 0.2) is 6.61 Å². The molecule has 0 fully saturated rings. The molecular weight excluding hydrogens is 334 g/mol. The molecule has 0 spiro atoms. The van der Waals surface area contributed by atoms with E-state index in [9.17, 15) is 4.79 Å². The van der Waals surface area contributed by atoms with E-state index in [2.05, 4.69) is 76.3 Å². The number of nitrogens with one attached hydrogen (secondary N) is 1. The standard InChI is InChI=1S/C24H33NO2/c1-17(2)21-13-12-18(3)14-22(21)27-16-23(26)25-19(4)15-24(5,6)20-10-8-7-9-11-20/h7-14,17,19H,15-16H2,1-6H3,(H,25,26). The Morgan fingerprint density at radius 2 is 1.74 bits per heavy atom. The van der Waals surface area contributed by atoms with E-state index < -0.39 is 0 Å². The van der Waals surface area contributed by atoms with Crippen LogP contribution in [0.5, 0.6) is 5.75 Å². The minimum atomic E-state index is -0.0810. The largest absolute Gasteiger partial charge is 0.483 e. The Hall–Kier alpha value is -2.29. The molecule has 1 amide bonds.